The molecule has 48 valence electrons. The summed E-state index contributed by atoms with van der Waals surface area (Å²) in [6.07, 6.45) is 2.05. The van der Waals surface area contributed by atoms with Crippen LogP contribution in [0.15, 0.2) is 12.7 Å². The molecule has 0 aromatic heterocycles. The fraction of sp³-hybridized carbons (Fsp3) is 0.714. The highest BCUT2D eigenvalue weighted by molar-refractivity contribution is 6.77. The lowest BCUT2D eigenvalue weighted by Gasteiger charge is -2.16. The van der Waals surface area contributed by atoms with Crippen LogP contribution >= 0.6 is 0 Å². The second kappa shape index (κ2) is 3.08. The second-order valence-electron chi connectivity index (χ2n) is 3.01. The first-order valence-corrected chi connectivity index (χ1v) is 6.64. The highest BCUT2D eigenvalue weighted by Crippen LogP contribution is 2.13. The van der Waals surface area contributed by atoms with Crippen LogP contribution in [0.5, 0.6) is 0 Å². The lowest BCUT2D eigenvalue weighted by atomic mass is 10.8. The van der Waals surface area contributed by atoms with E-state index in [-0.39, 0.29) is 0 Å². The molecule has 0 aromatic rings. The van der Waals surface area contributed by atoms with Gasteiger partial charge in [-0.2, -0.15) is 0 Å². The Morgan fingerprint density at radius 3 is 2.12 bits per heavy atom. The summed E-state index contributed by atoms with van der Waals surface area (Å²) >= 11 is 0. The molecule has 0 N–H and O–H groups in total. The summed E-state index contributed by atoms with van der Waals surface area (Å²) < 4.78 is 0. The van der Waals surface area contributed by atoms with Crippen LogP contribution in [0.25, 0.3) is 0 Å². The van der Waals surface area contributed by atoms with E-state index in [9.17, 15) is 0 Å². The van der Waals surface area contributed by atoms with Gasteiger partial charge in [0.25, 0.3) is 0 Å². The predicted molar refractivity (Wildman–Crippen MR) is 43.0 cm³/mol. The molecule has 0 bridgehead atoms. The molecule has 1 heteroatoms. The number of hydrogen-bond donors (Lipinski definition) is 0. The topological polar surface area (TPSA) is 0 Å². The largest absolute Gasteiger partial charge is 0.103 e. The molecule has 0 radical (unpaired) electrons. The van der Waals surface area contributed by atoms with Gasteiger partial charge in [-0.15, -0.1) is 6.58 Å². The third kappa shape index (κ3) is 3.02. The van der Waals surface area contributed by atoms with Crippen molar-refractivity contribution < 1.29 is 0 Å². The van der Waals surface area contributed by atoms with Gasteiger partial charge in [0.05, 0.1) is 8.07 Å². The zero-order chi connectivity index (χ0) is 6.62. The Bertz CT molecular complexity index is 74.5. The highest BCUT2D eigenvalue weighted by atomic mass is 28.3. The Hall–Kier alpha value is -0.0431. The molecule has 0 rings (SSSR count). The van der Waals surface area contributed by atoms with Crippen molar-refractivity contribution in [3.05, 3.63) is 12.7 Å². The lowest BCUT2D eigenvalue weighted by Crippen LogP contribution is -2.21. The molecule has 8 heavy (non-hydrogen) atoms. The molecule has 0 nitrogen and oxygen atoms in total. The van der Waals surface area contributed by atoms with E-state index in [0.717, 1.165) is 0 Å². The minimum absolute atomic E-state index is 0.795. The van der Waals surface area contributed by atoms with E-state index in [1.54, 1.807) is 0 Å². The third-order valence-corrected chi connectivity index (χ3v) is 4.96. The van der Waals surface area contributed by atoms with E-state index in [4.69, 9.17) is 0 Å². The molecular formula is C7H16Si. The molecule has 0 amide bonds. The van der Waals surface area contributed by atoms with Crippen LogP contribution in [0.3, 0.4) is 0 Å². The van der Waals surface area contributed by atoms with E-state index in [0.29, 0.717) is 0 Å². The van der Waals surface area contributed by atoms with Crippen molar-refractivity contribution in [2.75, 3.05) is 0 Å². The predicted octanol–water partition coefficient (Wildman–Crippen LogP) is 2.90. The Morgan fingerprint density at radius 1 is 1.50 bits per heavy atom. The van der Waals surface area contributed by atoms with Gasteiger partial charge in [-0.05, 0) is 6.04 Å². The van der Waals surface area contributed by atoms with E-state index in [1.807, 2.05) is 0 Å². The fourth-order valence-electron chi connectivity index (χ4n) is 0.535. The van der Waals surface area contributed by atoms with Gasteiger partial charge >= 0.3 is 0 Å². The first kappa shape index (κ1) is 7.96. The minimum atomic E-state index is -0.795. The summed E-state index contributed by atoms with van der Waals surface area (Å²) in [6, 6.07) is 2.64. The molecule has 0 spiro atoms. The van der Waals surface area contributed by atoms with Crippen molar-refractivity contribution in [3.63, 3.8) is 0 Å². The van der Waals surface area contributed by atoms with Gasteiger partial charge in [0.15, 0.2) is 0 Å². The monoisotopic (exact) mass is 128 g/mol. The quantitative estimate of drug-likeness (QED) is 0.405. The van der Waals surface area contributed by atoms with Gasteiger partial charge in [0, 0.05) is 0 Å². The summed E-state index contributed by atoms with van der Waals surface area (Å²) in [6.45, 7) is 10.8. The summed E-state index contributed by atoms with van der Waals surface area (Å²) in [5.41, 5.74) is 0. The van der Waals surface area contributed by atoms with E-state index < -0.39 is 8.07 Å². The molecule has 0 saturated heterocycles. The molecule has 0 fully saturated rings. The average Bonchev–Trinajstić information content (AvgIpc) is 1.67. The van der Waals surface area contributed by atoms with Gasteiger partial charge < -0.3 is 0 Å². The molecule has 0 aromatic carbocycles. The SMILES string of the molecule is C=CC[Si](C)(C)CC. The number of allylic oxidation sites excluding steroid dienone is 1. The molecule has 0 aliphatic rings. The third-order valence-electron chi connectivity index (χ3n) is 1.65. The maximum atomic E-state index is 3.73. The molecule has 0 heterocycles. The van der Waals surface area contributed by atoms with Crippen molar-refractivity contribution in [3.8, 4) is 0 Å². The van der Waals surface area contributed by atoms with E-state index in [1.165, 1.54) is 12.1 Å². The zero-order valence-corrected chi connectivity index (χ0v) is 7.20. The summed E-state index contributed by atoms with van der Waals surface area (Å²) in [7, 11) is -0.795. The van der Waals surface area contributed by atoms with Gasteiger partial charge in [-0.3, -0.25) is 0 Å². The Labute approximate surface area is 53.6 Å². The van der Waals surface area contributed by atoms with Crippen LogP contribution in [0, 0.1) is 0 Å². The van der Waals surface area contributed by atoms with E-state index >= 15 is 0 Å². The highest BCUT2D eigenvalue weighted by Gasteiger charge is 2.14. The molecule has 0 aliphatic carbocycles. The van der Waals surface area contributed by atoms with Crippen molar-refractivity contribution in [2.45, 2.75) is 32.1 Å². The average molecular weight is 128 g/mol. The van der Waals surface area contributed by atoms with Crippen molar-refractivity contribution in [1.29, 1.82) is 0 Å². The fourth-order valence-corrected chi connectivity index (χ4v) is 1.61. The van der Waals surface area contributed by atoms with Gasteiger partial charge in [-0.25, -0.2) is 0 Å². The zero-order valence-electron chi connectivity index (χ0n) is 6.20. The first-order chi connectivity index (χ1) is 3.62. The van der Waals surface area contributed by atoms with Crippen LogP contribution in [0.2, 0.25) is 25.2 Å². The molecule has 0 saturated carbocycles. The normalized spacial score (nSPS) is 11.4. The van der Waals surface area contributed by atoms with Gasteiger partial charge in [0.1, 0.15) is 0 Å². The van der Waals surface area contributed by atoms with Gasteiger partial charge in [-0.1, -0.05) is 32.1 Å². The van der Waals surface area contributed by atoms with Crippen molar-refractivity contribution >= 4 is 8.07 Å². The van der Waals surface area contributed by atoms with Crippen LogP contribution in [-0.2, 0) is 0 Å². The van der Waals surface area contributed by atoms with Crippen molar-refractivity contribution in [2.24, 2.45) is 0 Å². The Balaban J connectivity index is 3.53. The maximum absolute atomic E-state index is 3.73. The molecule has 0 unspecified atom stereocenters. The first-order valence-electron chi connectivity index (χ1n) is 3.23. The molecular weight excluding hydrogens is 112 g/mol. The summed E-state index contributed by atoms with van der Waals surface area (Å²) in [5.74, 6) is 0. The van der Waals surface area contributed by atoms with Crippen LogP contribution in [0.4, 0.5) is 0 Å². The summed E-state index contributed by atoms with van der Waals surface area (Å²) in [4.78, 5) is 0. The number of rotatable bonds is 3. The number of hydrogen-bond acceptors (Lipinski definition) is 0. The minimum Gasteiger partial charge on any atom is -0.103 e. The van der Waals surface area contributed by atoms with Crippen LogP contribution in [0.1, 0.15) is 6.92 Å². The van der Waals surface area contributed by atoms with Crippen molar-refractivity contribution in [1.82, 2.24) is 0 Å². The summed E-state index contributed by atoms with van der Waals surface area (Å²) in [5, 5.41) is 0. The Morgan fingerprint density at radius 2 is 2.00 bits per heavy atom. The molecule has 0 atom stereocenters. The smallest absolute Gasteiger partial charge is 0.0508 e. The molecule has 0 aliphatic heterocycles. The lowest BCUT2D eigenvalue weighted by molar-refractivity contribution is 1.31. The van der Waals surface area contributed by atoms with Crippen LogP contribution < -0.4 is 0 Å². The Kier molecular flexibility index (Phi) is 3.06. The van der Waals surface area contributed by atoms with Gasteiger partial charge in [0.2, 0.25) is 0 Å². The maximum Gasteiger partial charge on any atom is 0.0508 e. The second-order valence-corrected chi connectivity index (χ2v) is 8.45. The van der Waals surface area contributed by atoms with E-state index in [2.05, 4.69) is 32.7 Å². The van der Waals surface area contributed by atoms with Crippen LogP contribution in [-0.4, -0.2) is 8.07 Å². The standard InChI is InChI=1S/C7H16Si/c1-5-7-8(3,4)6-2/h5H,1,6-7H2,2-4H3.